The topological polar surface area (TPSA) is 24.9 Å². The lowest BCUT2D eigenvalue weighted by Crippen LogP contribution is -2.37. The van der Waals surface area contributed by atoms with E-state index in [1.165, 1.54) is 43.4 Å². The Hall–Kier alpha value is -0.890. The van der Waals surface area contributed by atoms with Crippen molar-refractivity contribution in [2.24, 2.45) is 5.92 Å². The van der Waals surface area contributed by atoms with E-state index in [0.717, 1.165) is 5.92 Å². The third kappa shape index (κ3) is 1.25. The Bertz CT molecular complexity index is 335. The number of rotatable bonds is 0. The van der Waals surface area contributed by atoms with Crippen LogP contribution in [0.4, 0.5) is 0 Å². The molecule has 0 aromatic carbocycles. The van der Waals surface area contributed by atoms with Crippen molar-refractivity contribution in [2.45, 2.75) is 31.7 Å². The van der Waals surface area contributed by atoms with Crippen molar-refractivity contribution in [2.75, 3.05) is 6.54 Å². The van der Waals surface area contributed by atoms with E-state index in [0.29, 0.717) is 6.04 Å². The summed E-state index contributed by atoms with van der Waals surface area (Å²) >= 11 is 0. The maximum Gasteiger partial charge on any atom is 0.0352 e. The van der Waals surface area contributed by atoms with Gasteiger partial charge in [0.2, 0.25) is 0 Å². The van der Waals surface area contributed by atoms with Crippen LogP contribution in [-0.2, 0) is 6.42 Å². The molecule has 0 radical (unpaired) electrons. The molecular weight excluding hydrogens is 172 g/mol. The Balaban J connectivity index is 1.99. The Morgan fingerprint density at radius 2 is 2.36 bits per heavy atom. The van der Waals surface area contributed by atoms with Gasteiger partial charge in [-0.05, 0) is 55.3 Å². The van der Waals surface area contributed by atoms with Gasteiger partial charge in [-0.3, -0.25) is 4.98 Å². The molecule has 2 heterocycles. The molecule has 1 aromatic heterocycles. The zero-order valence-electron chi connectivity index (χ0n) is 8.37. The molecule has 2 heteroatoms. The Morgan fingerprint density at radius 3 is 3.36 bits per heavy atom. The van der Waals surface area contributed by atoms with Gasteiger partial charge in [0.05, 0.1) is 0 Å². The minimum atomic E-state index is 0.621. The molecule has 0 amide bonds. The van der Waals surface area contributed by atoms with Crippen molar-refractivity contribution < 1.29 is 0 Å². The van der Waals surface area contributed by atoms with Gasteiger partial charge in [0.1, 0.15) is 0 Å². The van der Waals surface area contributed by atoms with Crippen LogP contribution in [0.15, 0.2) is 18.5 Å². The lowest BCUT2D eigenvalue weighted by atomic mass is 9.76. The minimum absolute atomic E-state index is 0.621. The van der Waals surface area contributed by atoms with Gasteiger partial charge in [0.25, 0.3) is 0 Å². The van der Waals surface area contributed by atoms with Crippen molar-refractivity contribution in [1.29, 1.82) is 0 Å². The van der Waals surface area contributed by atoms with Gasteiger partial charge < -0.3 is 5.32 Å². The zero-order chi connectivity index (χ0) is 9.38. The van der Waals surface area contributed by atoms with Gasteiger partial charge >= 0.3 is 0 Å². The second-order valence-electron chi connectivity index (χ2n) is 4.45. The molecule has 2 aliphatic rings. The number of aromatic nitrogens is 1. The molecule has 14 heavy (non-hydrogen) atoms. The highest BCUT2D eigenvalue weighted by atomic mass is 14.9. The summed E-state index contributed by atoms with van der Waals surface area (Å²) in [6.45, 7) is 1.18. The summed E-state index contributed by atoms with van der Waals surface area (Å²) in [5.74, 6) is 0.874. The average Bonchev–Trinajstić information content (AvgIpc) is 2.29. The molecule has 1 saturated heterocycles. The monoisotopic (exact) mass is 188 g/mol. The second kappa shape index (κ2) is 3.35. The lowest BCUT2D eigenvalue weighted by molar-refractivity contribution is 0.254. The normalized spacial score (nSPS) is 30.6. The molecular formula is C12H16N2. The standard InChI is InChI=1S/C12H16N2/c1-2-9-3-4-10-8-13-7-5-11(10)12(9)14-6-1/h5,7-9,12,14H,1-4,6H2. The van der Waals surface area contributed by atoms with Crippen molar-refractivity contribution in [3.8, 4) is 0 Å². The van der Waals surface area contributed by atoms with Crippen LogP contribution in [0.3, 0.4) is 0 Å². The van der Waals surface area contributed by atoms with Crippen molar-refractivity contribution in [3.05, 3.63) is 29.6 Å². The first kappa shape index (κ1) is 8.42. The summed E-state index contributed by atoms with van der Waals surface area (Å²) < 4.78 is 0. The van der Waals surface area contributed by atoms with Crippen LogP contribution in [-0.4, -0.2) is 11.5 Å². The quantitative estimate of drug-likeness (QED) is 0.674. The fourth-order valence-corrected chi connectivity index (χ4v) is 2.92. The SMILES string of the molecule is c1cc2c(cn1)CCC1CCCNC21. The van der Waals surface area contributed by atoms with Gasteiger partial charge in [0.15, 0.2) is 0 Å². The number of piperidine rings is 1. The maximum atomic E-state index is 4.21. The number of fused-ring (bicyclic) bond motifs is 3. The smallest absolute Gasteiger partial charge is 0.0352 e. The van der Waals surface area contributed by atoms with E-state index in [9.17, 15) is 0 Å². The van der Waals surface area contributed by atoms with Crippen molar-refractivity contribution >= 4 is 0 Å². The highest BCUT2D eigenvalue weighted by Gasteiger charge is 2.30. The number of nitrogens with one attached hydrogen (secondary N) is 1. The van der Waals surface area contributed by atoms with E-state index < -0.39 is 0 Å². The summed E-state index contributed by atoms with van der Waals surface area (Å²) in [6.07, 6.45) is 9.29. The number of hydrogen-bond donors (Lipinski definition) is 1. The van der Waals surface area contributed by atoms with Gasteiger partial charge in [-0.25, -0.2) is 0 Å². The van der Waals surface area contributed by atoms with Crippen LogP contribution in [0.1, 0.15) is 36.4 Å². The number of nitrogens with zero attached hydrogens (tertiary/aromatic N) is 1. The number of aryl methyl sites for hydroxylation is 1. The molecule has 0 bridgehead atoms. The largest absolute Gasteiger partial charge is 0.310 e. The zero-order valence-corrected chi connectivity index (χ0v) is 8.37. The number of hydrogen-bond acceptors (Lipinski definition) is 2. The number of pyridine rings is 1. The summed E-state index contributed by atoms with van der Waals surface area (Å²) in [5, 5.41) is 3.65. The fourth-order valence-electron chi connectivity index (χ4n) is 2.92. The van der Waals surface area contributed by atoms with Crippen molar-refractivity contribution in [1.82, 2.24) is 10.3 Å². The summed E-state index contributed by atoms with van der Waals surface area (Å²) in [4.78, 5) is 4.21. The molecule has 2 nitrogen and oxygen atoms in total. The molecule has 3 rings (SSSR count). The van der Waals surface area contributed by atoms with Crippen LogP contribution in [0.5, 0.6) is 0 Å². The van der Waals surface area contributed by atoms with Gasteiger partial charge in [-0.15, -0.1) is 0 Å². The molecule has 2 atom stereocenters. The van der Waals surface area contributed by atoms with E-state index in [2.05, 4.69) is 16.4 Å². The molecule has 1 aliphatic carbocycles. The van der Waals surface area contributed by atoms with Crippen LogP contribution in [0, 0.1) is 5.92 Å². The first-order chi connectivity index (χ1) is 6.95. The van der Waals surface area contributed by atoms with Crippen molar-refractivity contribution in [3.63, 3.8) is 0 Å². The molecule has 74 valence electrons. The van der Waals surface area contributed by atoms with Gasteiger partial charge in [-0.2, -0.15) is 0 Å². The molecule has 2 unspecified atom stereocenters. The summed E-state index contributed by atoms with van der Waals surface area (Å²) in [6, 6.07) is 2.82. The first-order valence-electron chi connectivity index (χ1n) is 5.61. The second-order valence-corrected chi connectivity index (χ2v) is 4.45. The molecule has 1 fully saturated rings. The van der Waals surface area contributed by atoms with E-state index in [1.54, 1.807) is 0 Å². The Labute approximate surface area is 84.7 Å². The molecule has 1 N–H and O–H groups in total. The van der Waals surface area contributed by atoms with E-state index in [4.69, 9.17) is 0 Å². The third-order valence-corrected chi connectivity index (χ3v) is 3.65. The van der Waals surface area contributed by atoms with Crippen LogP contribution < -0.4 is 5.32 Å². The third-order valence-electron chi connectivity index (χ3n) is 3.65. The molecule has 0 spiro atoms. The fraction of sp³-hybridized carbons (Fsp3) is 0.583. The first-order valence-corrected chi connectivity index (χ1v) is 5.61. The van der Waals surface area contributed by atoms with Gasteiger partial charge in [-0.1, -0.05) is 0 Å². The Morgan fingerprint density at radius 1 is 1.36 bits per heavy atom. The molecule has 1 aromatic rings. The lowest BCUT2D eigenvalue weighted by Gasteiger charge is -2.37. The molecule has 1 aliphatic heterocycles. The predicted octanol–water partition coefficient (Wildman–Crippen LogP) is 2.07. The van der Waals surface area contributed by atoms with E-state index in [1.807, 2.05) is 12.4 Å². The highest BCUT2D eigenvalue weighted by molar-refractivity contribution is 5.30. The van der Waals surface area contributed by atoms with Crippen LogP contribution >= 0.6 is 0 Å². The summed E-state index contributed by atoms with van der Waals surface area (Å²) in [7, 11) is 0. The van der Waals surface area contributed by atoms with E-state index >= 15 is 0 Å². The summed E-state index contributed by atoms with van der Waals surface area (Å²) in [5.41, 5.74) is 2.97. The average molecular weight is 188 g/mol. The minimum Gasteiger partial charge on any atom is -0.310 e. The molecule has 0 saturated carbocycles. The van der Waals surface area contributed by atoms with E-state index in [-0.39, 0.29) is 0 Å². The Kier molecular flexibility index (Phi) is 2.02. The van der Waals surface area contributed by atoms with Gasteiger partial charge in [0, 0.05) is 18.4 Å². The van der Waals surface area contributed by atoms with Crippen LogP contribution in [0.25, 0.3) is 0 Å². The van der Waals surface area contributed by atoms with Crippen LogP contribution in [0.2, 0.25) is 0 Å². The highest BCUT2D eigenvalue weighted by Crippen LogP contribution is 2.38. The maximum absolute atomic E-state index is 4.21. The predicted molar refractivity (Wildman–Crippen MR) is 56.0 cm³/mol.